The van der Waals surface area contributed by atoms with E-state index in [1.807, 2.05) is 0 Å². The van der Waals surface area contributed by atoms with E-state index in [9.17, 15) is 4.79 Å². The van der Waals surface area contributed by atoms with E-state index in [4.69, 9.17) is 10.5 Å². The summed E-state index contributed by atoms with van der Waals surface area (Å²) in [6, 6.07) is 5.27. The number of para-hydroxylation sites is 1. The van der Waals surface area contributed by atoms with E-state index < -0.39 is 0 Å². The summed E-state index contributed by atoms with van der Waals surface area (Å²) < 4.78 is 5.08. The molecule has 14 heavy (non-hydrogen) atoms. The van der Waals surface area contributed by atoms with Crippen molar-refractivity contribution in [3.05, 3.63) is 28.6 Å². The minimum Gasteiger partial charge on any atom is -0.494 e. The minimum atomic E-state index is -0.384. The number of H-pyrrole nitrogens is 1. The van der Waals surface area contributed by atoms with Gasteiger partial charge in [0.2, 0.25) is 0 Å². The largest absolute Gasteiger partial charge is 0.494 e. The van der Waals surface area contributed by atoms with Gasteiger partial charge in [-0.1, -0.05) is 6.07 Å². The number of anilines is 1. The van der Waals surface area contributed by atoms with E-state index in [1.165, 1.54) is 7.11 Å². The lowest BCUT2D eigenvalue weighted by Gasteiger charge is -2.03. The van der Waals surface area contributed by atoms with Crippen LogP contribution in [-0.2, 0) is 0 Å². The molecule has 0 saturated carbocycles. The Morgan fingerprint density at radius 1 is 1.50 bits per heavy atom. The first-order valence-electron chi connectivity index (χ1n) is 4.05. The number of nitrogens with two attached hydrogens (primary N) is 1. The summed E-state index contributed by atoms with van der Waals surface area (Å²) in [5.41, 5.74) is 6.19. The van der Waals surface area contributed by atoms with Crippen LogP contribution in [0.2, 0.25) is 0 Å². The number of aromatic nitrogens is 2. The number of fused-ring (bicyclic) bond motifs is 1. The van der Waals surface area contributed by atoms with Gasteiger partial charge in [0.15, 0.2) is 5.82 Å². The molecule has 0 aliphatic rings. The Balaban J connectivity index is 2.88. The second-order valence-corrected chi connectivity index (χ2v) is 2.81. The van der Waals surface area contributed by atoms with Crippen LogP contribution in [0.5, 0.6) is 5.75 Å². The van der Waals surface area contributed by atoms with E-state index in [0.29, 0.717) is 16.8 Å². The van der Waals surface area contributed by atoms with E-state index in [-0.39, 0.29) is 11.4 Å². The number of benzene rings is 1. The van der Waals surface area contributed by atoms with Crippen molar-refractivity contribution >= 4 is 16.9 Å². The molecule has 0 radical (unpaired) electrons. The molecule has 5 heteroatoms. The van der Waals surface area contributed by atoms with Crippen LogP contribution in [0.1, 0.15) is 0 Å². The third kappa shape index (κ3) is 1.19. The van der Waals surface area contributed by atoms with Crippen molar-refractivity contribution < 1.29 is 4.74 Å². The number of nitrogens with zero attached hydrogens (tertiary/aromatic N) is 1. The van der Waals surface area contributed by atoms with Gasteiger partial charge in [0, 0.05) is 0 Å². The first-order valence-corrected chi connectivity index (χ1v) is 4.05. The molecule has 5 nitrogen and oxygen atoms in total. The Bertz CT molecular complexity index is 533. The van der Waals surface area contributed by atoms with Crippen molar-refractivity contribution in [3.8, 4) is 5.75 Å². The van der Waals surface area contributed by atoms with Gasteiger partial charge in [-0.25, -0.2) is 4.98 Å². The fourth-order valence-electron chi connectivity index (χ4n) is 1.26. The van der Waals surface area contributed by atoms with E-state index in [2.05, 4.69) is 9.97 Å². The standard InChI is InChI=1S/C9H9N3O2/c1-14-6-4-2-3-5-7(6)12-8(10)9(13)11-5/h2-4H,1H3,(H2,10,12)(H,11,13). The van der Waals surface area contributed by atoms with Crippen molar-refractivity contribution in [2.24, 2.45) is 0 Å². The molecule has 0 atom stereocenters. The fourth-order valence-corrected chi connectivity index (χ4v) is 1.26. The molecule has 1 aromatic heterocycles. The third-order valence-electron chi connectivity index (χ3n) is 1.93. The Morgan fingerprint density at radius 3 is 3.00 bits per heavy atom. The molecule has 3 N–H and O–H groups in total. The number of nitrogens with one attached hydrogen (secondary N) is 1. The van der Waals surface area contributed by atoms with Crippen LogP contribution in [0, 0.1) is 0 Å². The molecule has 0 fully saturated rings. The molecule has 0 spiro atoms. The Labute approximate surface area is 79.5 Å². The topological polar surface area (TPSA) is 81.0 Å². The number of nitrogen functional groups attached to an aromatic ring is 1. The first kappa shape index (κ1) is 8.55. The number of hydrogen-bond acceptors (Lipinski definition) is 4. The van der Waals surface area contributed by atoms with Gasteiger partial charge < -0.3 is 15.5 Å². The van der Waals surface area contributed by atoms with Crippen LogP contribution in [-0.4, -0.2) is 17.1 Å². The number of methoxy groups -OCH3 is 1. The second-order valence-electron chi connectivity index (χ2n) is 2.81. The van der Waals surface area contributed by atoms with Gasteiger partial charge in [-0.2, -0.15) is 0 Å². The summed E-state index contributed by atoms with van der Waals surface area (Å²) in [7, 11) is 1.54. The third-order valence-corrected chi connectivity index (χ3v) is 1.93. The zero-order chi connectivity index (χ0) is 10.1. The van der Waals surface area contributed by atoms with Crippen LogP contribution in [0.4, 0.5) is 5.82 Å². The molecule has 2 rings (SSSR count). The van der Waals surface area contributed by atoms with Crippen molar-refractivity contribution in [1.29, 1.82) is 0 Å². The zero-order valence-corrected chi connectivity index (χ0v) is 7.57. The van der Waals surface area contributed by atoms with E-state index >= 15 is 0 Å². The van der Waals surface area contributed by atoms with Crippen LogP contribution < -0.4 is 16.0 Å². The van der Waals surface area contributed by atoms with Gasteiger partial charge in [-0.3, -0.25) is 4.79 Å². The number of ether oxygens (including phenoxy) is 1. The highest BCUT2D eigenvalue weighted by atomic mass is 16.5. The number of aromatic amines is 1. The Hall–Kier alpha value is -2.04. The van der Waals surface area contributed by atoms with E-state index in [0.717, 1.165) is 0 Å². The van der Waals surface area contributed by atoms with Crippen LogP contribution in [0.3, 0.4) is 0 Å². The molecule has 0 bridgehead atoms. The number of rotatable bonds is 1. The lowest BCUT2D eigenvalue weighted by molar-refractivity contribution is 0.419. The summed E-state index contributed by atoms with van der Waals surface area (Å²) >= 11 is 0. The van der Waals surface area contributed by atoms with Gasteiger partial charge >= 0.3 is 0 Å². The highest BCUT2D eigenvalue weighted by molar-refractivity contribution is 5.81. The summed E-state index contributed by atoms with van der Waals surface area (Å²) in [5, 5.41) is 0. The molecule has 1 aromatic carbocycles. The fraction of sp³-hybridized carbons (Fsp3) is 0.111. The average molecular weight is 191 g/mol. The van der Waals surface area contributed by atoms with Gasteiger partial charge in [0.1, 0.15) is 11.3 Å². The maximum Gasteiger partial charge on any atom is 0.290 e. The summed E-state index contributed by atoms with van der Waals surface area (Å²) in [5.74, 6) is 0.535. The van der Waals surface area contributed by atoms with Gasteiger partial charge in [-0.05, 0) is 12.1 Å². The summed E-state index contributed by atoms with van der Waals surface area (Å²) in [6.45, 7) is 0. The van der Waals surface area contributed by atoms with Crippen LogP contribution in [0.25, 0.3) is 11.0 Å². The SMILES string of the molecule is COc1cccc2[nH]c(=O)c(N)nc12. The smallest absolute Gasteiger partial charge is 0.290 e. The lowest BCUT2D eigenvalue weighted by Crippen LogP contribution is -2.13. The first-order chi connectivity index (χ1) is 6.72. The molecule has 72 valence electrons. The maximum absolute atomic E-state index is 11.1. The summed E-state index contributed by atoms with van der Waals surface area (Å²) in [6.07, 6.45) is 0. The Kier molecular flexibility index (Phi) is 1.85. The van der Waals surface area contributed by atoms with Crippen LogP contribution >= 0.6 is 0 Å². The predicted molar refractivity (Wildman–Crippen MR) is 53.3 cm³/mol. The molecule has 0 saturated heterocycles. The molecule has 2 aromatic rings. The van der Waals surface area contributed by atoms with Gasteiger partial charge in [0.25, 0.3) is 5.56 Å². The van der Waals surface area contributed by atoms with Crippen molar-refractivity contribution in [3.63, 3.8) is 0 Å². The van der Waals surface area contributed by atoms with Crippen LogP contribution in [0.15, 0.2) is 23.0 Å². The van der Waals surface area contributed by atoms with Crippen molar-refractivity contribution in [1.82, 2.24) is 9.97 Å². The zero-order valence-electron chi connectivity index (χ0n) is 7.57. The molecular weight excluding hydrogens is 182 g/mol. The molecular formula is C9H9N3O2. The normalized spacial score (nSPS) is 10.4. The lowest BCUT2D eigenvalue weighted by atomic mass is 10.3. The quantitative estimate of drug-likeness (QED) is 0.688. The van der Waals surface area contributed by atoms with E-state index in [1.54, 1.807) is 18.2 Å². The van der Waals surface area contributed by atoms with Gasteiger partial charge in [0.05, 0.1) is 12.6 Å². The molecule has 0 aliphatic carbocycles. The molecule has 1 heterocycles. The average Bonchev–Trinajstić information content (AvgIpc) is 2.19. The highest BCUT2D eigenvalue weighted by Gasteiger charge is 2.05. The van der Waals surface area contributed by atoms with Crippen molar-refractivity contribution in [2.75, 3.05) is 12.8 Å². The summed E-state index contributed by atoms with van der Waals surface area (Å²) in [4.78, 5) is 17.7. The second kappa shape index (κ2) is 3.02. The van der Waals surface area contributed by atoms with Crippen molar-refractivity contribution in [2.45, 2.75) is 0 Å². The maximum atomic E-state index is 11.1. The van der Waals surface area contributed by atoms with Gasteiger partial charge in [-0.15, -0.1) is 0 Å². The predicted octanol–water partition coefficient (Wildman–Crippen LogP) is 0.514. The highest BCUT2D eigenvalue weighted by Crippen LogP contribution is 2.20. The monoisotopic (exact) mass is 191 g/mol. The molecule has 0 aliphatic heterocycles. The Morgan fingerprint density at radius 2 is 2.29 bits per heavy atom. The molecule has 0 unspecified atom stereocenters. The number of hydrogen-bond donors (Lipinski definition) is 2. The molecule has 0 amide bonds. The minimum absolute atomic E-state index is 0.0537.